The Morgan fingerprint density at radius 2 is 1.54 bits per heavy atom. The maximum atomic E-state index is 13.6. The molecule has 0 unspecified atom stereocenters. The van der Waals surface area contributed by atoms with Gasteiger partial charge in [-0.1, -0.05) is 66.2 Å². The van der Waals surface area contributed by atoms with Gasteiger partial charge in [-0.2, -0.15) is 0 Å². The normalized spacial score (nSPS) is 11.7. The number of ether oxygens (including phenoxy) is 1. The SMILES string of the molecule is Cc1ccc(CN(C(=O)COc2ccc(C)c(C)c2)[C@@H](Cc2ccccc2)C(=O)NC(C)C)cc1. The molecule has 0 radical (unpaired) electrons. The highest BCUT2D eigenvalue weighted by atomic mass is 16.5. The van der Waals surface area contributed by atoms with E-state index in [0.29, 0.717) is 18.7 Å². The minimum absolute atomic E-state index is 0.0381. The van der Waals surface area contributed by atoms with Crippen molar-refractivity contribution >= 4 is 11.8 Å². The number of hydrogen-bond donors (Lipinski definition) is 1. The predicted molar refractivity (Wildman–Crippen MR) is 140 cm³/mol. The van der Waals surface area contributed by atoms with Gasteiger partial charge in [0.05, 0.1) is 0 Å². The van der Waals surface area contributed by atoms with Gasteiger partial charge in [0.1, 0.15) is 11.8 Å². The highest BCUT2D eigenvalue weighted by Gasteiger charge is 2.31. The van der Waals surface area contributed by atoms with Gasteiger partial charge in [-0.25, -0.2) is 0 Å². The Morgan fingerprint density at radius 3 is 2.17 bits per heavy atom. The fraction of sp³-hybridized carbons (Fsp3) is 0.333. The van der Waals surface area contributed by atoms with Crippen molar-refractivity contribution in [1.82, 2.24) is 10.2 Å². The summed E-state index contributed by atoms with van der Waals surface area (Å²) >= 11 is 0. The molecular weight excluding hydrogens is 436 g/mol. The van der Waals surface area contributed by atoms with Crippen molar-refractivity contribution in [3.05, 3.63) is 101 Å². The van der Waals surface area contributed by atoms with Crippen LogP contribution in [0.1, 0.15) is 41.7 Å². The second-order valence-corrected chi connectivity index (χ2v) is 9.41. The van der Waals surface area contributed by atoms with E-state index in [9.17, 15) is 9.59 Å². The topological polar surface area (TPSA) is 58.6 Å². The average Bonchev–Trinajstić information content (AvgIpc) is 2.83. The number of amides is 2. The molecule has 184 valence electrons. The summed E-state index contributed by atoms with van der Waals surface area (Å²) in [7, 11) is 0. The van der Waals surface area contributed by atoms with Gasteiger partial charge >= 0.3 is 0 Å². The molecular formula is C30H36N2O3. The summed E-state index contributed by atoms with van der Waals surface area (Å²) in [6.07, 6.45) is 0.417. The third-order valence-electron chi connectivity index (χ3n) is 6.02. The lowest BCUT2D eigenvalue weighted by Crippen LogP contribution is -2.52. The number of carbonyl (C=O) groups excluding carboxylic acids is 2. The molecule has 0 bridgehead atoms. The molecule has 0 aliphatic heterocycles. The summed E-state index contributed by atoms with van der Waals surface area (Å²) in [6, 6.07) is 22.9. The van der Waals surface area contributed by atoms with Gasteiger partial charge < -0.3 is 15.0 Å². The van der Waals surface area contributed by atoms with Crippen LogP contribution in [0.4, 0.5) is 0 Å². The molecule has 5 nitrogen and oxygen atoms in total. The zero-order valence-electron chi connectivity index (χ0n) is 21.4. The molecule has 0 fully saturated rings. The van der Waals surface area contributed by atoms with E-state index >= 15 is 0 Å². The molecule has 0 aliphatic rings. The number of hydrogen-bond acceptors (Lipinski definition) is 3. The largest absolute Gasteiger partial charge is 0.484 e. The lowest BCUT2D eigenvalue weighted by atomic mass is 10.0. The van der Waals surface area contributed by atoms with Gasteiger partial charge in [-0.15, -0.1) is 0 Å². The second kappa shape index (κ2) is 12.2. The Balaban J connectivity index is 1.90. The fourth-order valence-corrected chi connectivity index (χ4v) is 3.86. The van der Waals surface area contributed by atoms with E-state index in [2.05, 4.69) is 5.32 Å². The zero-order chi connectivity index (χ0) is 25.4. The van der Waals surface area contributed by atoms with Crippen LogP contribution in [0.2, 0.25) is 0 Å². The van der Waals surface area contributed by atoms with Gasteiger partial charge in [0.2, 0.25) is 5.91 Å². The van der Waals surface area contributed by atoms with Gasteiger partial charge in [0.25, 0.3) is 5.91 Å². The van der Waals surface area contributed by atoms with Crippen LogP contribution in [0, 0.1) is 20.8 Å². The van der Waals surface area contributed by atoms with Crippen LogP contribution in [0.5, 0.6) is 5.75 Å². The molecule has 0 aliphatic carbocycles. The molecule has 0 saturated heterocycles. The maximum Gasteiger partial charge on any atom is 0.261 e. The molecule has 1 atom stereocenters. The molecule has 0 aromatic heterocycles. The van der Waals surface area contributed by atoms with Crippen molar-refractivity contribution in [2.24, 2.45) is 0 Å². The van der Waals surface area contributed by atoms with E-state index < -0.39 is 6.04 Å². The number of rotatable bonds is 10. The number of nitrogens with one attached hydrogen (secondary N) is 1. The molecule has 0 spiro atoms. The molecule has 5 heteroatoms. The molecule has 3 aromatic rings. The first-order valence-corrected chi connectivity index (χ1v) is 12.1. The Bertz CT molecular complexity index is 1120. The van der Waals surface area contributed by atoms with Crippen molar-refractivity contribution in [3.8, 4) is 5.75 Å². The van der Waals surface area contributed by atoms with E-state index in [4.69, 9.17) is 4.74 Å². The van der Waals surface area contributed by atoms with Crippen LogP contribution in [-0.4, -0.2) is 35.4 Å². The van der Waals surface area contributed by atoms with Gasteiger partial charge in [-0.3, -0.25) is 9.59 Å². The summed E-state index contributed by atoms with van der Waals surface area (Å²) in [4.78, 5) is 28.6. The first-order chi connectivity index (χ1) is 16.7. The predicted octanol–water partition coefficient (Wildman–Crippen LogP) is 5.16. The Hall–Kier alpha value is -3.60. The number of carbonyl (C=O) groups is 2. The smallest absolute Gasteiger partial charge is 0.261 e. The van der Waals surface area contributed by atoms with Gasteiger partial charge in [-0.05, 0) is 69.0 Å². The highest BCUT2D eigenvalue weighted by Crippen LogP contribution is 2.19. The quantitative estimate of drug-likeness (QED) is 0.444. The summed E-state index contributed by atoms with van der Waals surface area (Å²) in [6.45, 7) is 10.1. The number of aryl methyl sites for hydroxylation is 3. The van der Waals surface area contributed by atoms with Crippen LogP contribution in [0.25, 0.3) is 0 Å². The van der Waals surface area contributed by atoms with Crippen LogP contribution < -0.4 is 10.1 Å². The summed E-state index contributed by atoms with van der Waals surface area (Å²) in [5.41, 5.74) is 5.37. The number of benzene rings is 3. The van der Waals surface area contributed by atoms with Crippen molar-refractivity contribution in [2.75, 3.05) is 6.61 Å². The van der Waals surface area contributed by atoms with Crippen LogP contribution in [-0.2, 0) is 22.6 Å². The molecule has 3 rings (SSSR count). The van der Waals surface area contributed by atoms with Gasteiger partial charge in [0.15, 0.2) is 6.61 Å². The molecule has 35 heavy (non-hydrogen) atoms. The average molecular weight is 473 g/mol. The van der Waals surface area contributed by atoms with Crippen LogP contribution in [0.15, 0.2) is 72.8 Å². The lowest BCUT2D eigenvalue weighted by Gasteiger charge is -2.32. The zero-order valence-corrected chi connectivity index (χ0v) is 21.4. The van der Waals surface area contributed by atoms with Crippen molar-refractivity contribution in [2.45, 2.75) is 59.7 Å². The van der Waals surface area contributed by atoms with E-state index in [0.717, 1.165) is 27.8 Å². The van der Waals surface area contributed by atoms with Crippen molar-refractivity contribution in [3.63, 3.8) is 0 Å². The first-order valence-electron chi connectivity index (χ1n) is 12.1. The Morgan fingerprint density at radius 1 is 0.857 bits per heavy atom. The van der Waals surface area contributed by atoms with E-state index in [1.54, 1.807) is 4.90 Å². The molecule has 1 N–H and O–H groups in total. The van der Waals surface area contributed by atoms with E-state index in [1.807, 2.05) is 107 Å². The Labute approximate surface area is 209 Å². The molecule has 2 amide bonds. The molecule has 0 saturated carbocycles. The highest BCUT2D eigenvalue weighted by molar-refractivity contribution is 5.88. The van der Waals surface area contributed by atoms with E-state index in [1.165, 1.54) is 0 Å². The van der Waals surface area contributed by atoms with Crippen LogP contribution in [0.3, 0.4) is 0 Å². The maximum absolute atomic E-state index is 13.6. The second-order valence-electron chi connectivity index (χ2n) is 9.41. The molecule has 0 heterocycles. The van der Waals surface area contributed by atoms with Crippen LogP contribution >= 0.6 is 0 Å². The standard InChI is InChI=1S/C30H36N2O3/c1-21(2)31-30(34)28(18-25-9-7-6-8-10-25)32(19-26-14-11-22(3)12-15-26)29(33)20-35-27-16-13-23(4)24(5)17-27/h6-17,21,28H,18-20H2,1-5H3,(H,31,34)/t28-/m0/s1. The lowest BCUT2D eigenvalue weighted by molar-refractivity contribution is -0.143. The van der Waals surface area contributed by atoms with E-state index in [-0.39, 0.29) is 24.5 Å². The Kier molecular flexibility index (Phi) is 9.07. The van der Waals surface area contributed by atoms with Gasteiger partial charge in [0, 0.05) is 19.0 Å². The summed E-state index contributed by atoms with van der Waals surface area (Å²) < 4.78 is 5.88. The summed E-state index contributed by atoms with van der Waals surface area (Å²) in [5.74, 6) is 0.238. The fourth-order valence-electron chi connectivity index (χ4n) is 3.86. The van der Waals surface area contributed by atoms with Crippen molar-refractivity contribution in [1.29, 1.82) is 0 Å². The monoisotopic (exact) mass is 472 g/mol. The minimum Gasteiger partial charge on any atom is -0.484 e. The number of nitrogens with zero attached hydrogens (tertiary/aromatic N) is 1. The molecule has 3 aromatic carbocycles. The third kappa shape index (κ3) is 7.71. The third-order valence-corrected chi connectivity index (χ3v) is 6.02. The van der Waals surface area contributed by atoms with Crippen molar-refractivity contribution < 1.29 is 14.3 Å². The first kappa shape index (κ1) is 26.0. The summed E-state index contributed by atoms with van der Waals surface area (Å²) in [5, 5.41) is 3.01. The minimum atomic E-state index is -0.669.